The molecule has 146 valence electrons. The number of alkyl halides is 3. The molecule has 9 heteroatoms. The number of nitrogens with one attached hydrogen (secondary N) is 2. The van der Waals surface area contributed by atoms with Crippen LogP contribution in [0.25, 0.3) is 22.2 Å². The van der Waals surface area contributed by atoms with E-state index in [0.29, 0.717) is 10.9 Å². The summed E-state index contributed by atoms with van der Waals surface area (Å²) in [5.74, 6) is 0.00211. The van der Waals surface area contributed by atoms with Crippen LogP contribution >= 0.6 is 15.9 Å². The van der Waals surface area contributed by atoms with Crippen LogP contribution in [0.4, 0.5) is 24.8 Å². The van der Waals surface area contributed by atoms with Gasteiger partial charge in [0.25, 0.3) is 5.56 Å². The van der Waals surface area contributed by atoms with Crippen LogP contribution < -0.4 is 10.9 Å². The lowest BCUT2D eigenvalue weighted by Crippen LogP contribution is -2.13. The minimum absolute atomic E-state index is 0.00211. The number of benzene rings is 2. The van der Waals surface area contributed by atoms with Crippen molar-refractivity contribution in [3.05, 3.63) is 81.2 Å². The maximum Gasteiger partial charge on any atom is 0.416 e. The predicted octanol–water partition coefficient (Wildman–Crippen LogP) is 5.51. The van der Waals surface area contributed by atoms with Crippen molar-refractivity contribution in [2.24, 2.45) is 0 Å². The van der Waals surface area contributed by atoms with E-state index in [1.807, 2.05) is 24.3 Å². The lowest BCUT2D eigenvalue weighted by molar-refractivity contribution is -0.137. The highest BCUT2D eigenvalue weighted by Gasteiger charge is 2.30. The number of aromatic amines is 1. The van der Waals surface area contributed by atoms with Gasteiger partial charge in [0.15, 0.2) is 5.65 Å². The minimum atomic E-state index is -4.47. The number of H-pyrrole nitrogens is 1. The topological polar surface area (TPSA) is 70.7 Å². The molecule has 2 aromatic heterocycles. The molecule has 4 aromatic rings. The van der Waals surface area contributed by atoms with Gasteiger partial charge in [-0.2, -0.15) is 18.2 Å². The molecule has 0 aliphatic heterocycles. The molecule has 2 N–H and O–H groups in total. The zero-order chi connectivity index (χ0) is 20.6. The van der Waals surface area contributed by atoms with Gasteiger partial charge in [-0.05, 0) is 47.5 Å². The standard InChI is InChI=1S/C20H12BrF3N4O/c21-13-6-4-11(5-7-13)15-8-9-25-17-16(15)18(29)28-19(27-17)26-14-3-1-2-12(10-14)20(22,23)24/h1-10H,(H2,25,26,27,28,29). The van der Waals surface area contributed by atoms with Gasteiger partial charge in [-0.3, -0.25) is 9.78 Å². The molecule has 29 heavy (non-hydrogen) atoms. The quantitative estimate of drug-likeness (QED) is 0.422. The van der Waals surface area contributed by atoms with E-state index in [2.05, 4.69) is 36.2 Å². The summed E-state index contributed by atoms with van der Waals surface area (Å²) in [4.78, 5) is 23.7. The van der Waals surface area contributed by atoms with Gasteiger partial charge in [0, 0.05) is 16.4 Å². The maximum absolute atomic E-state index is 12.9. The van der Waals surface area contributed by atoms with Crippen LogP contribution in [-0.4, -0.2) is 15.0 Å². The second kappa shape index (κ2) is 7.32. The predicted molar refractivity (Wildman–Crippen MR) is 108 cm³/mol. The Balaban J connectivity index is 1.76. The van der Waals surface area contributed by atoms with Crippen molar-refractivity contribution in [2.45, 2.75) is 6.18 Å². The number of hydrogen-bond acceptors (Lipinski definition) is 4. The molecule has 0 aliphatic carbocycles. The van der Waals surface area contributed by atoms with E-state index < -0.39 is 17.3 Å². The van der Waals surface area contributed by atoms with Gasteiger partial charge in [-0.1, -0.05) is 34.1 Å². The van der Waals surface area contributed by atoms with E-state index in [1.165, 1.54) is 18.3 Å². The zero-order valence-electron chi connectivity index (χ0n) is 14.6. The lowest BCUT2D eigenvalue weighted by atomic mass is 10.0. The van der Waals surface area contributed by atoms with Crippen LogP contribution in [0, 0.1) is 0 Å². The van der Waals surface area contributed by atoms with Gasteiger partial charge < -0.3 is 5.32 Å². The number of pyridine rings is 1. The highest BCUT2D eigenvalue weighted by molar-refractivity contribution is 9.10. The molecule has 0 saturated carbocycles. The van der Waals surface area contributed by atoms with Crippen molar-refractivity contribution in [1.29, 1.82) is 0 Å². The molecular formula is C20H12BrF3N4O. The molecule has 0 saturated heterocycles. The molecule has 0 atom stereocenters. The molecule has 5 nitrogen and oxygen atoms in total. The average molecular weight is 461 g/mol. The molecule has 2 heterocycles. The molecule has 0 radical (unpaired) electrons. The van der Waals surface area contributed by atoms with Crippen LogP contribution in [0.15, 0.2) is 70.1 Å². The largest absolute Gasteiger partial charge is 0.416 e. The number of halogens is 4. The van der Waals surface area contributed by atoms with Crippen molar-refractivity contribution < 1.29 is 13.2 Å². The Morgan fingerprint density at radius 3 is 2.52 bits per heavy atom. The highest BCUT2D eigenvalue weighted by atomic mass is 79.9. The summed E-state index contributed by atoms with van der Waals surface area (Å²) < 4.78 is 39.6. The van der Waals surface area contributed by atoms with Crippen molar-refractivity contribution in [1.82, 2.24) is 15.0 Å². The normalized spacial score (nSPS) is 11.6. The van der Waals surface area contributed by atoms with Crippen LogP contribution in [0.3, 0.4) is 0 Å². The molecule has 0 unspecified atom stereocenters. The first-order valence-corrected chi connectivity index (χ1v) is 9.20. The summed E-state index contributed by atoms with van der Waals surface area (Å²) in [6.45, 7) is 0. The first-order valence-electron chi connectivity index (χ1n) is 8.40. The number of aromatic nitrogens is 3. The van der Waals surface area contributed by atoms with Crippen LogP contribution in [0.5, 0.6) is 0 Å². The van der Waals surface area contributed by atoms with Gasteiger partial charge in [0.1, 0.15) is 0 Å². The average Bonchev–Trinajstić information content (AvgIpc) is 2.68. The van der Waals surface area contributed by atoms with E-state index in [4.69, 9.17) is 0 Å². The molecular weight excluding hydrogens is 449 g/mol. The Morgan fingerprint density at radius 2 is 1.79 bits per heavy atom. The molecule has 0 aliphatic rings. The van der Waals surface area contributed by atoms with Crippen LogP contribution in [-0.2, 0) is 6.18 Å². The number of nitrogens with zero attached hydrogens (tertiary/aromatic N) is 2. The van der Waals surface area contributed by atoms with E-state index in [-0.39, 0.29) is 17.3 Å². The fourth-order valence-electron chi connectivity index (χ4n) is 2.90. The van der Waals surface area contributed by atoms with E-state index in [0.717, 1.165) is 22.2 Å². The van der Waals surface area contributed by atoms with Crippen molar-refractivity contribution in [3.8, 4) is 11.1 Å². The Bertz CT molecular complexity index is 1250. The number of fused-ring (bicyclic) bond motifs is 1. The van der Waals surface area contributed by atoms with Crippen LogP contribution in [0.2, 0.25) is 0 Å². The third-order valence-corrected chi connectivity index (χ3v) is 4.74. The third kappa shape index (κ3) is 4.00. The molecule has 4 rings (SSSR count). The summed E-state index contributed by atoms with van der Waals surface area (Å²) in [7, 11) is 0. The SMILES string of the molecule is O=c1[nH]c(Nc2cccc(C(F)(F)F)c2)nc2nccc(-c3ccc(Br)cc3)c12. The van der Waals surface area contributed by atoms with Gasteiger partial charge in [-0.25, -0.2) is 4.98 Å². The fourth-order valence-corrected chi connectivity index (χ4v) is 3.17. The van der Waals surface area contributed by atoms with Crippen molar-refractivity contribution in [2.75, 3.05) is 5.32 Å². The second-order valence-corrected chi connectivity index (χ2v) is 7.10. The first-order chi connectivity index (χ1) is 13.8. The smallest absolute Gasteiger partial charge is 0.326 e. The van der Waals surface area contributed by atoms with E-state index in [9.17, 15) is 18.0 Å². The Morgan fingerprint density at radius 1 is 1.03 bits per heavy atom. The molecule has 0 bridgehead atoms. The van der Waals surface area contributed by atoms with E-state index >= 15 is 0 Å². The number of anilines is 2. The van der Waals surface area contributed by atoms with E-state index in [1.54, 1.807) is 6.07 Å². The van der Waals surface area contributed by atoms with Crippen molar-refractivity contribution >= 4 is 38.6 Å². The van der Waals surface area contributed by atoms with Crippen LogP contribution in [0.1, 0.15) is 5.56 Å². The van der Waals surface area contributed by atoms with Gasteiger partial charge in [0.05, 0.1) is 10.9 Å². The van der Waals surface area contributed by atoms with Gasteiger partial charge >= 0.3 is 6.18 Å². The fraction of sp³-hybridized carbons (Fsp3) is 0.0500. The Kier molecular flexibility index (Phi) is 4.83. The second-order valence-electron chi connectivity index (χ2n) is 6.18. The van der Waals surface area contributed by atoms with Gasteiger partial charge in [-0.15, -0.1) is 0 Å². The first kappa shape index (κ1) is 19.1. The van der Waals surface area contributed by atoms with Crippen molar-refractivity contribution in [3.63, 3.8) is 0 Å². The summed E-state index contributed by atoms with van der Waals surface area (Å²) >= 11 is 3.37. The molecule has 2 aromatic carbocycles. The Labute approximate surface area is 170 Å². The van der Waals surface area contributed by atoms with Gasteiger partial charge in [0.2, 0.25) is 5.95 Å². The number of rotatable bonds is 3. The monoisotopic (exact) mass is 460 g/mol. The summed E-state index contributed by atoms with van der Waals surface area (Å²) in [6, 6.07) is 13.8. The molecule has 0 spiro atoms. The Hall–Kier alpha value is -3.20. The summed E-state index contributed by atoms with van der Waals surface area (Å²) in [6.07, 6.45) is -2.94. The third-order valence-electron chi connectivity index (χ3n) is 4.22. The lowest BCUT2D eigenvalue weighted by Gasteiger charge is -2.11. The maximum atomic E-state index is 12.9. The molecule has 0 amide bonds. The zero-order valence-corrected chi connectivity index (χ0v) is 16.2. The molecule has 0 fully saturated rings. The highest BCUT2D eigenvalue weighted by Crippen LogP contribution is 2.31. The number of hydrogen-bond donors (Lipinski definition) is 2. The summed E-state index contributed by atoms with van der Waals surface area (Å²) in [5, 5.41) is 3.00. The minimum Gasteiger partial charge on any atom is -0.326 e. The summed E-state index contributed by atoms with van der Waals surface area (Å²) in [5.41, 5.74) is 0.542.